The van der Waals surface area contributed by atoms with E-state index in [4.69, 9.17) is 30.5 Å². The maximum absolute atomic E-state index is 11.7. The smallest absolute Gasteiger partial charge is 0.303 e. The van der Waals surface area contributed by atoms with E-state index in [9.17, 15) is 14.4 Å². The quantitative estimate of drug-likeness (QED) is 0.347. The second-order valence-corrected chi connectivity index (χ2v) is 8.33. The number of halogens is 1. The van der Waals surface area contributed by atoms with E-state index >= 15 is 0 Å². The number of aromatic nitrogens is 2. The van der Waals surface area contributed by atoms with Crippen molar-refractivity contribution in [3.05, 3.63) is 41.8 Å². The van der Waals surface area contributed by atoms with Gasteiger partial charge in [0.05, 0.1) is 11.9 Å². The molecular weight excluding hydrogens is 460 g/mol. The molecule has 0 N–H and O–H groups in total. The summed E-state index contributed by atoms with van der Waals surface area (Å²) >= 11 is 7.38. The highest BCUT2D eigenvalue weighted by Gasteiger charge is 2.47. The number of rotatable bonds is 6. The van der Waals surface area contributed by atoms with Gasteiger partial charge in [-0.05, 0) is 24.3 Å². The minimum atomic E-state index is -1.02. The number of thioether (sulfide) groups is 1. The Labute approximate surface area is 193 Å². The van der Waals surface area contributed by atoms with E-state index in [1.165, 1.54) is 38.7 Å². The lowest BCUT2D eigenvalue weighted by molar-refractivity contribution is -0.186. The highest BCUT2D eigenvalue weighted by atomic mass is 35.5. The molecule has 1 saturated heterocycles. The third-order valence-corrected chi connectivity index (χ3v) is 5.84. The molecule has 1 aliphatic heterocycles. The first-order chi connectivity index (χ1) is 15.2. The van der Waals surface area contributed by atoms with Crippen LogP contribution in [0.15, 0.2) is 36.7 Å². The van der Waals surface area contributed by atoms with Crippen molar-refractivity contribution >= 4 is 41.3 Å². The first-order valence-corrected chi connectivity index (χ1v) is 11.0. The molecule has 2 aromatic heterocycles. The van der Waals surface area contributed by atoms with Crippen LogP contribution in [0.5, 0.6) is 5.75 Å². The molecule has 0 amide bonds. The minimum absolute atomic E-state index is 0.275. The van der Waals surface area contributed by atoms with Gasteiger partial charge in [0.1, 0.15) is 10.9 Å². The lowest BCUT2D eigenvalue weighted by Crippen LogP contribution is -2.55. The van der Waals surface area contributed by atoms with Gasteiger partial charge in [0.25, 0.3) is 0 Å². The fourth-order valence-electron chi connectivity index (χ4n) is 3.13. The van der Waals surface area contributed by atoms with Crippen LogP contribution in [0.25, 0.3) is 11.3 Å². The van der Waals surface area contributed by atoms with Crippen molar-refractivity contribution < 1.29 is 33.3 Å². The topological polar surface area (TPSA) is 114 Å². The van der Waals surface area contributed by atoms with Crippen LogP contribution >= 0.6 is 23.4 Å². The molecular formula is C21H21ClN2O7S. The molecule has 0 saturated carbocycles. The van der Waals surface area contributed by atoms with Crippen molar-refractivity contribution in [3.8, 4) is 17.0 Å². The predicted molar refractivity (Wildman–Crippen MR) is 116 cm³/mol. The van der Waals surface area contributed by atoms with E-state index in [1.807, 2.05) is 0 Å². The SMILES string of the molecule is CC(=O)O[C@H]1[C@H](OC(C)=O)CSC(Oc2ccc(-c3cccnc3Cl)nc2)[C@@H]1OC(C)=O. The molecule has 0 spiro atoms. The van der Waals surface area contributed by atoms with Gasteiger partial charge in [-0.15, -0.1) is 11.8 Å². The molecule has 1 unspecified atom stereocenters. The number of nitrogens with zero attached hydrogens (tertiary/aromatic N) is 2. The molecule has 2 aromatic rings. The fraction of sp³-hybridized carbons (Fsp3) is 0.381. The normalized spacial score (nSPS) is 22.5. The van der Waals surface area contributed by atoms with Crippen molar-refractivity contribution in [3.63, 3.8) is 0 Å². The van der Waals surface area contributed by atoms with E-state index in [-0.39, 0.29) is 5.75 Å². The summed E-state index contributed by atoms with van der Waals surface area (Å²) in [6, 6.07) is 6.96. The second kappa shape index (κ2) is 10.6. The van der Waals surface area contributed by atoms with Gasteiger partial charge in [-0.1, -0.05) is 11.6 Å². The van der Waals surface area contributed by atoms with E-state index in [0.717, 1.165) is 0 Å². The molecule has 9 nitrogen and oxygen atoms in total. The van der Waals surface area contributed by atoms with Crippen molar-refractivity contribution in [1.82, 2.24) is 9.97 Å². The van der Waals surface area contributed by atoms with Crippen LogP contribution in [-0.2, 0) is 28.6 Å². The fourth-order valence-corrected chi connectivity index (χ4v) is 4.56. The summed E-state index contributed by atoms with van der Waals surface area (Å²) in [6.07, 6.45) is 0.267. The zero-order valence-electron chi connectivity index (χ0n) is 17.5. The van der Waals surface area contributed by atoms with Crippen LogP contribution in [-0.4, -0.2) is 57.4 Å². The first kappa shape index (κ1) is 23.8. The minimum Gasteiger partial charge on any atom is -0.474 e. The van der Waals surface area contributed by atoms with Crippen LogP contribution < -0.4 is 4.74 Å². The number of esters is 3. The number of carbonyl (C=O) groups excluding carboxylic acids is 3. The Bertz CT molecular complexity index is 988. The van der Waals surface area contributed by atoms with Crippen molar-refractivity contribution in [2.75, 3.05) is 5.75 Å². The van der Waals surface area contributed by atoms with Gasteiger partial charge in [0.2, 0.25) is 0 Å². The van der Waals surface area contributed by atoms with Crippen molar-refractivity contribution in [2.24, 2.45) is 0 Å². The maximum atomic E-state index is 11.7. The lowest BCUT2D eigenvalue weighted by Gasteiger charge is -2.39. The maximum Gasteiger partial charge on any atom is 0.303 e. The summed E-state index contributed by atoms with van der Waals surface area (Å²) < 4.78 is 22.0. The third kappa shape index (κ3) is 6.10. The zero-order valence-corrected chi connectivity index (χ0v) is 19.1. The van der Waals surface area contributed by atoms with Gasteiger partial charge in [-0.2, -0.15) is 0 Å². The Balaban J connectivity index is 1.82. The molecule has 0 aliphatic carbocycles. The summed E-state index contributed by atoms with van der Waals surface area (Å²) in [5.41, 5.74) is 0.547. The lowest BCUT2D eigenvalue weighted by atomic mass is 10.1. The number of hydrogen-bond acceptors (Lipinski definition) is 10. The Morgan fingerprint density at radius 3 is 2.25 bits per heavy atom. The van der Waals surface area contributed by atoms with E-state index in [0.29, 0.717) is 22.2 Å². The summed E-state index contributed by atoms with van der Waals surface area (Å²) in [6.45, 7) is 3.70. The van der Waals surface area contributed by atoms with Crippen LogP contribution in [0.1, 0.15) is 20.8 Å². The molecule has 1 fully saturated rings. The number of hydrogen-bond donors (Lipinski definition) is 0. The molecule has 3 rings (SSSR count). The molecule has 4 atom stereocenters. The number of carbonyl (C=O) groups is 3. The van der Waals surface area contributed by atoms with Gasteiger partial charge in [-0.3, -0.25) is 19.4 Å². The Morgan fingerprint density at radius 2 is 1.66 bits per heavy atom. The summed E-state index contributed by atoms with van der Waals surface area (Å²) in [5, 5.41) is 0.326. The number of pyridine rings is 2. The van der Waals surface area contributed by atoms with Gasteiger partial charge in [0.15, 0.2) is 23.7 Å². The Hall–Kier alpha value is -2.85. The average molecular weight is 481 g/mol. The van der Waals surface area contributed by atoms with Crippen LogP contribution in [0, 0.1) is 0 Å². The van der Waals surface area contributed by atoms with Crippen LogP contribution in [0.4, 0.5) is 0 Å². The Morgan fingerprint density at radius 1 is 0.969 bits per heavy atom. The standard InChI is InChI=1S/C21H21ClN2O7S/c1-11(25)28-17-10-32-21(19(30-13(3)27)18(17)29-12(2)26)31-14-6-7-16(24-9-14)15-5-4-8-23-20(15)22/h4-9,17-19,21H,10H2,1-3H3/t17-,18+,19-,21?/m1/s1. The van der Waals surface area contributed by atoms with E-state index in [1.54, 1.807) is 30.5 Å². The molecule has 170 valence electrons. The largest absolute Gasteiger partial charge is 0.474 e. The van der Waals surface area contributed by atoms with Gasteiger partial charge in [0, 0.05) is 38.3 Å². The first-order valence-electron chi connectivity index (χ1n) is 9.61. The third-order valence-electron chi connectivity index (χ3n) is 4.33. The summed E-state index contributed by atoms with van der Waals surface area (Å²) in [7, 11) is 0. The predicted octanol–water partition coefficient (Wildman–Crippen LogP) is 3.04. The highest BCUT2D eigenvalue weighted by molar-refractivity contribution is 7.99. The van der Waals surface area contributed by atoms with Crippen molar-refractivity contribution in [2.45, 2.75) is 44.5 Å². The summed E-state index contributed by atoms with van der Waals surface area (Å²) in [5.74, 6) is -1.06. The monoisotopic (exact) mass is 480 g/mol. The number of ether oxygens (including phenoxy) is 4. The van der Waals surface area contributed by atoms with Crippen molar-refractivity contribution in [1.29, 1.82) is 0 Å². The molecule has 0 aromatic carbocycles. The van der Waals surface area contributed by atoms with E-state index < -0.39 is 41.7 Å². The van der Waals surface area contributed by atoms with Gasteiger partial charge < -0.3 is 18.9 Å². The van der Waals surface area contributed by atoms with Crippen LogP contribution in [0.2, 0.25) is 5.15 Å². The highest BCUT2D eigenvalue weighted by Crippen LogP contribution is 2.34. The summed E-state index contributed by atoms with van der Waals surface area (Å²) in [4.78, 5) is 43.3. The second-order valence-electron chi connectivity index (χ2n) is 6.84. The average Bonchev–Trinajstić information content (AvgIpc) is 2.72. The molecule has 1 aliphatic rings. The molecule has 3 heterocycles. The zero-order chi connectivity index (χ0) is 23.3. The van der Waals surface area contributed by atoms with Crippen LogP contribution in [0.3, 0.4) is 0 Å². The Kier molecular flexibility index (Phi) is 7.92. The van der Waals surface area contributed by atoms with Gasteiger partial charge >= 0.3 is 17.9 Å². The van der Waals surface area contributed by atoms with Gasteiger partial charge in [-0.25, -0.2) is 4.98 Å². The molecule has 0 bridgehead atoms. The molecule has 11 heteroatoms. The van der Waals surface area contributed by atoms with E-state index in [2.05, 4.69) is 9.97 Å². The molecule has 0 radical (unpaired) electrons. The molecule has 32 heavy (non-hydrogen) atoms.